The van der Waals surface area contributed by atoms with Crippen molar-refractivity contribution < 1.29 is 23.1 Å². The smallest absolute Gasteiger partial charge is 0.475 e. The van der Waals surface area contributed by atoms with E-state index in [9.17, 15) is 13.2 Å². The van der Waals surface area contributed by atoms with E-state index in [1.54, 1.807) is 0 Å². The van der Waals surface area contributed by atoms with Crippen LogP contribution in [0.25, 0.3) is 11.4 Å². The molecule has 11 heteroatoms. The summed E-state index contributed by atoms with van der Waals surface area (Å²) in [5, 5.41) is 14.4. The Bertz CT molecular complexity index is 977. The molecule has 3 N–H and O–H groups in total. The molecule has 0 fully saturated rings. The zero-order valence-corrected chi connectivity index (χ0v) is 17.7. The second-order valence-corrected chi connectivity index (χ2v) is 7.95. The number of imidazole rings is 1. The zero-order chi connectivity index (χ0) is 23.2. The summed E-state index contributed by atoms with van der Waals surface area (Å²) in [6.45, 7) is 7.94. The second-order valence-electron chi connectivity index (χ2n) is 7.95. The first kappa shape index (κ1) is 24.1. The topological polar surface area (TPSA) is 111 Å². The number of aromatic amines is 2. The van der Waals surface area contributed by atoms with E-state index in [0.29, 0.717) is 6.54 Å². The van der Waals surface area contributed by atoms with Gasteiger partial charge in [-0.05, 0) is 7.05 Å². The number of alkyl halides is 3. The molecule has 3 aromatic rings. The SMILES string of the molecule is CN(Cc1cnc(C(C)(C)C)[nH]1)Cc1nc(-c2ccccc2)n[nH]1.O=C(O)C(F)(F)F. The number of carboxylic acids is 1. The normalized spacial score (nSPS) is 11.9. The van der Waals surface area contributed by atoms with Crippen LogP contribution in [0.15, 0.2) is 36.5 Å². The van der Waals surface area contributed by atoms with E-state index >= 15 is 0 Å². The molecule has 0 aliphatic carbocycles. The van der Waals surface area contributed by atoms with Crippen LogP contribution in [-0.4, -0.2) is 54.3 Å². The Hall–Kier alpha value is -3.21. The molecule has 0 aliphatic rings. The molecule has 0 unspecified atom stereocenters. The Morgan fingerprint density at radius 3 is 2.26 bits per heavy atom. The molecule has 31 heavy (non-hydrogen) atoms. The molecular weight excluding hydrogens is 413 g/mol. The zero-order valence-electron chi connectivity index (χ0n) is 17.7. The number of halogens is 3. The predicted octanol–water partition coefficient (Wildman–Crippen LogP) is 3.76. The number of nitrogens with zero attached hydrogens (tertiary/aromatic N) is 4. The molecule has 168 valence electrons. The van der Waals surface area contributed by atoms with Gasteiger partial charge in [-0.3, -0.25) is 10.00 Å². The first-order chi connectivity index (χ1) is 14.4. The molecule has 0 spiro atoms. The van der Waals surface area contributed by atoms with Gasteiger partial charge in [0.1, 0.15) is 11.6 Å². The lowest BCUT2D eigenvalue weighted by Gasteiger charge is -2.15. The van der Waals surface area contributed by atoms with Gasteiger partial charge in [-0.15, -0.1) is 0 Å². The van der Waals surface area contributed by atoms with Crippen molar-refractivity contribution in [3.05, 3.63) is 53.9 Å². The summed E-state index contributed by atoms with van der Waals surface area (Å²) in [6.07, 6.45) is -3.17. The lowest BCUT2D eigenvalue weighted by molar-refractivity contribution is -0.192. The molecule has 2 aromatic heterocycles. The summed E-state index contributed by atoms with van der Waals surface area (Å²) in [6, 6.07) is 9.98. The van der Waals surface area contributed by atoms with E-state index in [4.69, 9.17) is 9.90 Å². The van der Waals surface area contributed by atoms with Crippen molar-refractivity contribution in [3.8, 4) is 11.4 Å². The van der Waals surface area contributed by atoms with Gasteiger partial charge in [0.2, 0.25) is 0 Å². The fourth-order valence-corrected chi connectivity index (χ4v) is 2.51. The fourth-order valence-electron chi connectivity index (χ4n) is 2.51. The van der Waals surface area contributed by atoms with Crippen LogP contribution >= 0.6 is 0 Å². The number of aliphatic carboxylic acids is 1. The van der Waals surface area contributed by atoms with E-state index in [1.165, 1.54) is 0 Å². The van der Waals surface area contributed by atoms with Crippen molar-refractivity contribution in [3.63, 3.8) is 0 Å². The highest BCUT2D eigenvalue weighted by Crippen LogP contribution is 2.19. The van der Waals surface area contributed by atoms with E-state index < -0.39 is 12.1 Å². The van der Waals surface area contributed by atoms with E-state index in [1.807, 2.05) is 36.5 Å². The highest BCUT2D eigenvalue weighted by molar-refractivity contribution is 5.73. The molecule has 2 heterocycles. The average molecular weight is 438 g/mol. The van der Waals surface area contributed by atoms with Gasteiger partial charge in [0.15, 0.2) is 5.82 Å². The molecule has 0 saturated heterocycles. The third kappa shape index (κ3) is 7.52. The molecular formula is C20H25F3N6O2. The molecule has 0 amide bonds. The molecule has 0 aliphatic heterocycles. The number of hydrogen-bond donors (Lipinski definition) is 3. The number of rotatable bonds is 5. The summed E-state index contributed by atoms with van der Waals surface area (Å²) >= 11 is 0. The molecule has 3 rings (SSSR count). The number of benzene rings is 1. The Balaban J connectivity index is 0.000000423. The van der Waals surface area contributed by atoms with Crippen molar-refractivity contribution in [1.29, 1.82) is 0 Å². The minimum Gasteiger partial charge on any atom is -0.475 e. The lowest BCUT2D eigenvalue weighted by atomic mass is 9.96. The van der Waals surface area contributed by atoms with Gasteiger partial charge in [-0.1, -0.05) is 51.1 Å². The number of nitrogens with one attached hydrogen (secondary N) is 2. The van der Waals surface area contributed by atoms with Crippen LogP contribution in [0.1, 0.15) is 38.1 Å². The van der Waals surface area contributed by atoms with Gasteiger partial charge in [0, 0.05) is 29.4 Å². The molecule has 0 saturated carbocycles. The summed E-state index contributed by atoms with van der Waals surface area (Å²) in [4.78, 5) is 23.5. The Morgan fingerprint density at radius 1 is 1.13 bits per heavy atom. The largest absolute Gasteiger partial charge is 0.490 e. The maximum atomic E-state index is 10.6. The summed E-state index contributed by atoms with van der Waals surface area (Å²) in [5.74, 6) is -0.160. The van der Waals surface area contributed by atoms with Crippen molar-refractivity contribution in [2.75, 3.05) is 7.05 Å². The van der Waals surface area contributed by atoms with E-state index in [-0.39, 0.29) is 5.41 Å². The number of carboxylic acid groups (broad SMARTS) is 1. The number of hydrogen-bond acceptors (Lipinski definition) is 5. The minimum absolute atomic E-state index is 0.0341. The monoisotopic (exact) mass is 438 g/mol. The predicted molar refractivity (Wildman–Crippen MR) is 108 cm³/mol. The highest BCUT2D eigenvalue weighted by atomic mass is 19.4. The van der Waals surface area contributed by atoms with Crippen LogP contribution in [0.5, 0.6) is 0 Å². The first-order valence-corrected chi connectivity index (χ1v) is 9.36. The van der Waals surface area contributed by atoms with E-state index in [2.05, 4.69) is 57.9 Å². The Labute approximate surface area is 177 Å². The summed E-state index contributed by atoms with van der Waals surface area (Å²) in [5.41, 5.74) is 2.16. The number of aromatic nitrogens is 5. The first-order valence-electron chi connectivity index (χ1n) is 9.36. The van der Waals surface area contributed by atoms with Crippen LogP contribution < -0.4 is 0 Å². The number of H-pyrrole nitrogens is 2. The van der Waals surface area contributed by atoms with Crippen LogP contribution in [0.2, 0.25) is 0 Å². The van der Waals surface area contributed by atoms with Crippen LogP contribution in [0.4, 0.5) is 13.2 Å². The quantitative estimate of drug-likeness (QED) is 0.559. The third-order valence-electron chi connectivity index (χ3n) is 4.01. The molecule has 0 atom stereocenters. The van der Waals surface area contributed by atoms with Gasteiger partial charge in [0.25, 0.3) is 0 Å². The number of carbonyl (C=O) groups is 1. The Morgan fingerprint density at radius 2 is 1.74 bits per heavy atom. The molecule has 0 bridgehead atoms. The highest BCUT2D eigenvalue weighted by Gasteiger charge is 2.38. The lowest BCUT2D eigenvalue weighted by Crippen LogP contribution is -2.21. The van der Waals surface area contributed by atoms with Gasteiger partial charge < -0.3 is 10.1 Å². The Kier molecular flexibility index (Phi) is 7.55. The minimum atomic E-state index is -5.08. The summed E-state index contributed by atoms with van der Waals surface area (Å²) < 4.78 is 31.7. The van der Waals surface area contributed by atoms with Crippen molar-refractivity contribution in [1.82, 2.24) is 30.0 Å². The summed E-state index contributed by atoms with van der Waals surface area (Å²) in [7, 11) is 2.06. The van der Waals surface area contributed by atoms with Crippen molar-refractivity contribution >= 4 is 5.97 Å². The van der Waals surface area contributed by atoms with Gasteiger partial charge in [0.05, 0.1) is 6.54 Å². The maximum Gasteiger partial charge on any atom is 0.490 e. The van der Waals surface area contributed by atoms with Crippen molar-refractivity contribution in [2.24, 2.45) is 0 Å². The van der Waals surface area contributed by atoms with Crippen LogP contribution in [0.3, 0.4) is 0 Å². The van der Waals surface area contributed by atoms with Crippen LogP contribution in [0, 0.1) is 0 Å². The maximum absolute atomic E-state index is 10.6. The van der Waals surface area contributed by atoms with Crippen LogP contribution in [-0.2, 0) is 23.3 Å². The fraction of sp³-hybridized carbons (Fsp3) is 0.400. The third-order valence-corrected chi connectivity index (χ3v) is 4.01. The standard InChI is InChI=1S/C18H24N6.C2HF3O2/c1-18(2,3)17-19-10-14(20-17)11-24(4)12-15-21-16(23-22-15)13-8-6-5-7-9-13;3-2(4,5)1(6)7/h5-10H,11-12H2,1-4H3,(H,19,20)(H,21,22,23);(H,6,7). The van der Waals surface area contributed by atoms with Gasteiger partial charge >= 0.3 is 12.1 Å². The van der Waals surface area contributed by atoms with Gasteiger partial charge in [-0.25, -0.2) is 14.8 Å². The van der Waals surface area contributed by atoms with Gasteiger partial charge in [-0.2, -0.15) is 18.3 Å². The molecule has 8 nitrogen and oxygen atoms in total. The second kappa shape index (κ2) is 9.73. The van der Waals surface area contributed by atoms with E-state index in [0.717, 1.165) is 35.3 Å². The molecule has 1 aromatic carbocycles. The van der Waals surface area contributed by atoms with Crippen molar-refractivity contribution in [2.45, 2.75) is 45.5 Å². The molecule has 0 radical (unpaired) electrons. The average Bonchev–Trinajstić information content (AvgIpc) is 3.31.